The summed E-state index contributed by atoms with van der Waals surface area (Å²) in [6.45, 7) is 1.08. The molecule has 15 heavy (non-hydrogen) atoms. The predicted molar refractivity (Wildman–Crippen MR) is 62.8 cm³/mol. The molecule has 0 aliphatic carbocycles. The molecule has 1 aliphatic rings. The lowest BCUT2D eigenvalue weighted by atomic mass is 10.4. The first-order valence-corrected chi connectivity index (χ1v) is 7.25. The average Bonchev–Trinajstić information content (AvgIpc) is 2.20. The third kappa shape index (κ3) is 2.69. The Kier molecular flexibility index (Phi) is 2.97. The van der Waals surface area contributed by atoms with Gasteiger partial charge in [-0.25, -0.2) is 13.4 Å². The summed E-state index contributed by atoms with van der Waals surface area (Å²) in [5, 5.41) is 0. The number of anilines is 1. The Balaban J connectivity index is 2.11. The molecule has 0 unspecified atom stereocenters. The number of pyridine rings is 1. The molecule has 0 radical (unpaired) electrons. The highest BCUT2D eigenvalue weighted by molar-refractivity contribution is 9.10. The van der Waals surface area contributed by atoms with Crippen molar-refractivity contribution in [1.82, 2.24) is 4.98 Å². The molecule has 2 heterocycles. The Morgan fingerprint density at radius 1 is 1.27 bits per heavy atom. The molecule has 0 bridgehead atoms. The Labute approximate surface area is 97.4 Å². The fourth-order valence-corrected chi connectivity index (χ4v) is 2.93. The van der Waals surface area contributed by atoms with E-state index in [-0.39, 0.29) is 11.5 Å². The Morgan fingerprint density at radius 3 is 2.47 bits per heavy atom. The van der Waals surface area contributed by atoms with Gasteiger partial charge in [-0.15, -0.1) is 0 Å². The van der Waals surface area contributed by atoms with Gasteiger partial charge in [0.05, 0.1) is 11.5 Å². The van der Waals surface area contributed by atoms with E-state index < -0.39 is 9.84 Å². The van der Waals surface area contributed by atoms with E-state index in [1.54, 1.807) is 6.20 Å². The topological polar surface area (TPSA) is 50.3 Å². The maximum atomic E-state index is 11.2. The van der Waals surface area contributed by atoms with Gasteiger partial charge >= 0.3 is 0 Å². The zero-order valence-electron chi connectivity index (χ0n) is 8.06. The van der Waals surface area contributed by atoms with Crippen molar-refractivity contribution in [2.45, 2.75) is 0 Å². The normalized spacial score (nSPS) is 20.2. The molecule has 4 nitrogen and oxygen atoms in total. The highest BCUT2D eigenvalue weighted by Crippen LogP contribution is 2.16. The van der Waals surface area contributed by atoms with Crippen molar-refractivity contribution < 1.29 is 8.42 Å². The molecule has 6 heteroatoms. The fourth-order valence-electron chi connectivity index (χ4n) is 1.50. The number of sulfone groups is 1. The molecule has 0 amide bonds. The van der Waals surface area contributed by atoms with Crippen molar-refractivity contribution in [2.24, 2.45) is 0 Å². The van der Waals surface area contributed by atoms with E-state index in [2.05, 4.69) is 20.9 Å². The van der Waals surface area contributed by atoms with Crippen molar-refractivity contribution in [1.29, 1.82) is 0 Å². The molecule has 0 aromatic carbocycles. The number of rotatable bonds is 1. The first kappa shape index (κ1) is 10.9. The first-order valence-electron chi connectivity index (χ1n) is 4.64. The minimum absolute atomic E-state index is 0.227. The van der Waals surface area contributed by atoms with Gasteiger partial charge in [-0.2, -0.15) is 0 Å². The predicted octanol–water partition coefficient (Wildman–Crippen LogP) is 1.08. The van der Waals surface area contributed by atoms with Gasteiger partial charge < -0.3 is 4.90 Å². The summed E-state index contributed by atoms with van der Waals surface area (Å²) in [4.78, 5) is 6.23. The molecular formula is C9H11BrN2O2S. The molecule has 0 N–H and O–H groups in total. The van der Waals surface area contributed by atoms with Crippen LogP contribution in [-0.2, 0) is 9.84 Å². The molecule has 0 saturated carbocycles. The van der Waals surface area contributed by atoms with Gasteiger partial charge in [0.1, 0.15) is 5.82 Å². The molecule has 0 spiro atoms. The third-order valence-electron chi connectivity index (χ3n) is 2.38. The van der Waals surface area contributed by atoms with E-state index in [4.69, 9.17) is 0 Å². The van der Waals surface area contributed by atoms with Crippen LogP contribution in [0.25, 0.3) is 0 Å². The van der Waals surface area contributed by atoms with Gasteiger partial charge in [0.25, 0.3) is 0 Å². The summed E-state index contributed by atoms with van der Waals surface area (Å²) in [7, 11) is -2.81. The van der Waals surface area contributed by atoms with Crippen molar-refractivity contribution >= 4 is 31.6 Å². The number of nitrogens with zero attached hydrogens (tertiary/aromatic N) is 2. The summed E-state index contributed by atoms with van der Waals surface area (Å²) in [5.74, 6) is 1.29. The maximum absolute atomic E-state index is 11.2. The quantitative estimate of drug-likeness (QED) is 0.777. The summed E-state index contributed by atoms with van der Waals surface area (Å²) in [6, 6.07) is 3.80. The SMILES string of the molecule is O=S1(=O)CCN(c2ccc(Br)cn2)CC1. The van der Waals surface area contributed by atoms with Crippen molar-refractivity contribution in [3.05, 3.63) is 22.8 Å². The molecule has 1 aromatic rings. The van der Waals surface area contributed by atoms with E-state index in [1.807, 2.05) is 17.0 Å². The molecule has 0 atom stereocenters. The first-order chi connectivity index (χ1) is 7.07. The summed E-state index contributed by atoms with van der Waals surface area (Å²) in [5.41, 5.74) is 0. The van der Waals surface area contributed by atoms with E-state index in [1.165, 1.54) is 0 Å². The summed E-state index contributed by atoms with van der Waals surface area (Å²) < 4.78 is 23.4. The molecule has 1 fully saturated rings. The van der Waals surface area contributed by atoms with Crippen LogP contribution >= 0.6 is 15.9 Å². The minimum atomic E-state index is -2.81. The Morgan fingerprint density at radius 2 is 1.93 bits per heavy atom. The summed E-state index contributed by atoms with van der Waals surface area (Å²) in [6.07, 6.45) is 1.72. The van der Waals surface area contributed by atoms with Gasteiger partial charge in [0.15, 0.2) is 9.84 Å². The van der Waals surface area contributed by atoms with Crippen molar-refractivity contribution in [3.8, 4) is 0 Å². The lowest BCUT2D eigenvalue weighted by Crippen LogP contribution is -2.40. The minimum Gasteiger partial charge on any atom is -0.355 e. The molecule has 1 saturated heterocycles. The molecule has 1 aliphatic heterocycles. The maximum Gasteiger partial charge on any atom is 0.153 e. The van der Waals surface area contributed by atoms with Gasteiger partial charge in [-0.05, 0) is 28.1 Å². The standard InChI is InChI=1S/C9H11BrN2O2S/c10-8-1-2-9(11-7-8)12-3-5-15(13,14)6-4-12/h1-2,7H,3-6H2. The van der Waals surface area contributed by atoms with Crippen LogP contribution in [0.1, 0.15) is 0 Å². The summed E-state index contributed by atoms with van der Waals surface area (Å²) >= 11 is 3.31. The van der Waals surface area contributed by atoms with E-state index in [9.17, 15) is 8.42 Å². The van der Waals surface area contributed by atoms with Gasteiger partial charge in [0.2, 0.25) is 0 Å². The number of aromatic nitrogens is 1. The van der Waals surface area contributed by atoms with Crippen LogP contribution in [0.4, 0.5) is 5.82 Å². The van der Waals surface area contributed by atoms with Crippen molar-refractivity contribution in [2.75, 3.05) is 29.5 Å². The number of hydrogen-bond donors (Lipinski definition) is 0. The fraction of sp³-hybridized carbons (Fsp3) is 0.444. The monoisotopic (exact) mass is 290 g/mol. The third-order valence-corrected chi connectivity index (χ3v) is 4.46. The highest BCUT2D eigenvalue weighted by atomic mass is 79.9. The van der Waals surface area contributed by atoms with Crippen LogP contribution in [-0.4, -0.2) is 38.0 Å². The lowest BCUT2D eigenvalue weighted by molar-refractivity contribution is 0.586. The van der Waals surface area contributed by atoms with Crippen LogP contribution < -0.4 is 4.90 Å². The van der Waals surface area contributed by atoms with Gasteiger partial charge in [-0.1, -0.05) is 0 Å². The van der Waals surface area contributed by atoms with Gasteiger partial charge in [-0.3, -0.25) is 0 Å². The average molecular weight is 291 g/mol. The second-order valence-corrected chi connectivity index (χ2v) is 6.69. The van der Waals surface area contributed by atoms with Crippen LogP contribution in [0.5, 0.6) is 0 Å². The van der Waals surface area contributed by atoms with Crippen LogP contribution in [0.15, 0.2) is 22.8 Å². The largest absolute Gasteiger partial charge is 0.355 e. The van der Waals surface area contributed by atoms with Crippen LogP contribution in [0.3, 0.4) is 0 Å². The van der Waals surface area contributed by atoms with E-state index >= 15 is 0 Å². The zero-order valence-corrected chi connectivity index (χ0v) is 10.5. The van der Waals surface area contributed by atoms with E-state index in [0.29, 0.717) is 13.1 Å². The van der Waals surface area contributed by atoms with E-state index in [0.717, 1.165) is 10.3 Å². The lowest BCUT2D eigenvalue weighted by Gasteiger charge is -2.27. The Hall–Kier alpha value is -0.620. The zero-order chi connectivity index (χ0) is 10.9. The van der Waals surface area contributed by atoms with Crippen LogP contribution in [0, 0.1) is 0 Å². The smallest absolute Gasteiger partial charge is 0.153 e. The molecular weight excluding hydrogens is 280 g/mol. The second kappa shape index (κ2) is 4.09. The molecule has 1 aromatic heterocycles. The van der Waals surface area contributed by atoms with Crippen molar-refractivity contribution in [3.63, 3.8) is 0 Å². The molecule has 2 rings (SSSR count). The van der Waals surface area contributed by atoms with Crippen LogP contribution in [0.2, 0.25) is 0 Å². The number of halogens is 1. The highest BCUT2D eigenvalue weighted by Gasteiger charge is 2.22. The molecule has 82 valence electrons. The van der Waals surface area contributed by atoms with Gasteiger partial charge in [0, 0.05) is 23.8 Å². The Bertz CT molecular complexity index is 430. The second-order valence-electron chi connectivity index (χ2n) is 3.47. The number of hydrogen-bond acceptors (Lipinski definition) is 4.